The molecule has 0 spiro atoms. The largest absolute Gasteiger partial charge is 0.312 e. The number of Topliss-reactive ketones (excluding diaryl/α,β-unsaturated/α-hetero) is 1. The van der Waals surface area contributed by atoms with Crippen LogP contribution in [0.25, 0.3) is 0 Å². The van der Waals surface area contributed by atoms with Crippen LogP contribution >= 0.6 is 11.8 Å². The topological polar surface area (TPSA) is 29.1 Å². The average Bonchev–Trinajstić information content (AvgIpc) is 2.71. The van der Waals surface area contributed by atoms with Gasteiger partial charge in [0, 0.05) is 36.9 Å². The fourth-order valence-corrected chi connectivity index (χ4v) is 3.59. The van der Waals surface area contributed by atoms with Gasteiger partial charge in [0.2, 0.25) is 0 Å². The summed E-state index contributed by atoms with van der Waals surface area (Å²) in [4.78, 5) is 11.8. The number of hydrogen-bond donors (Lipinski definition) is 1. The maximum absolute atomic E-state index is 11.8. The third-order valence-electron chi connectivity index (χ3n) is 3.46. The second kappa shape index (κ2) is 5.90. The van der Waals surface area contributed by atoms with Crippen LogP contribution in [-0.2, 0) is 4.79 Å². The minimum Gasteiger partial charge on any atom is -0.312 e. The van der Waals surface area contributed by atoms with Crippen LogP contribution < -0.4 is 5.32 Å². The zero-order valence-electron chi connectivity index (χ0n) is 9.34. The molecule has 86 valence electrons. The maximum atomic E-state index is 11.8. The average molecular weight is 227 g/mol. The van der Waals surface area contributed by atoms with Crippen molar-refractivity contribution in [3.8, 4) is 0 Å². The normalized spacial score (nSPS) is 28.1. The van der Waals surface area contributed by atoms with Gasteiger partial charge in [-0.2, -0.15) is 11.8 Å². The molecular weight excluding hydrogens is 206 g/mol. The van der Waals surface area contributed by atoms with E-state index < -0.39 is 0 Å². The Labute approximate surface area is 96.6 Å². The monoisotopic (exact) mass is 227 g/mol. The molecule has 1 heterocycles. The Morgan fingerprint density at radius 3 is 2.73 bits per heavy atom. The number of thioether (sulfide) groups is 1. The Hall–Kier alpha value is -0.0200. The fourth-order valence-electron chi connectivity index (χ4n) is 2.65. The molecule has 15 heavy (non-hydrogen) atoms. The summed E-state index contributed by atoms with van der Waals surface area (Å²) in [5.41, 5.74) is 0. The highest BCUT2D eigenvalue weighted by Gasteiger charge is 2.21. The standard InChI is InChI=1S/C12H21NOS/c14-12(7-10-3-1-2-4-10)8-11-9-15-6-5-13-11/h10-11,13H,1-9H2. The van der Waals surface area contributed by atoms with Gasteiger partial charge >= 0.3 is 0 Å². The lowest BCUT2D eigenvalue weighted by Crippen LogP contribution is -2.39. The molecule has 1 aliphatic heterocycles. The van der Waals surface area contributed by atoms with Gasteiger partial charge in [-0.15, -0.1) is 0 Å². The van der Waals surface area contributed by atoms with E-state index in [9.17, 15) is 4.79 Å². The Morgan fingerprint density at radius 2 is 2.07 bits per heavy atom. The summed E-state index contributed by atoms with van der Waals surface area (Å²) in [5.74, 6) is 3.53. The summed E-state index contributed by atoms with van der Waals surface area (Å²) < 4.78 is 0. The number of nitrogens with one attached hydrogen (secondary N) is 1. The highest BCUT2D eigenvalue weighted by Crippen LogP contribution is 2.28. The molecule has 1 atom stereocenters. The van der Waals surface area contributed by atoms with Crippen molar-refractivity contribution in [2.45, 2.75) is 44.6 Å². The van der Waals surface area contributed by atoms with Crippen molar-refractivity contribution in [3.63, 3.8) is 0 Å². The van der Waals surface area contributed by atoms with Gasteiger partial charge in [-0.05, 0) is 5.92 Å². The molecule has 2 aliphatic rings. The van der Waals surface area contributed by atoms with Crippen molar-refractivity contribution in [1.29, 1.82) is 0 Å². The highest BCUT2D eigenvalue weighted by atomic mass is 32.2. The van der Waals surface area contributed by atoms with Crippen LogP contribution in [0, 0.1) is 5.92 Å². The van der Waals surface area contributed by atoms with Crippen molar-refractivity contribution in [3.05, 3.63) is 0 Å². The first kappa shape index (κ1) is 11.5. The first-order chi connectivity index (χ1) is 7.34. The highest BCUT2D eigenvalue weighted by molar-refractivity contribution is 7.99. The van der Waals surface area contributed by atoms with Crippen LogP contribution in [0.1, 0.15) is 38.5 Å². The van der Waals surface area contributed by atoms with Crippen molar-refractivity contribution >= 4 is 17.5 Å². The predicted octanol–water partition coefficient (Wildman–Crippen LogP) is 2.23. The van der Waals surface area contributed by atoms with Gasteiger partial charge in [0.15, 0.2) is 0 Å². The Morgan fingerprint density at radius 1 is 1.27 bits per heavy atom. The van der Waals surface area contributed by atoms with Gasteiger partial charge in [-0.3, -0.25) is 4.79 Å². The van der Waals surface area contributed by atoms with Crippen molar-refractivity contribution in [1.82, 2.24) is 5.32 Å². The minimum atomic E-state index is 0.456. The van der Waals surface area contributed by atoms with E-state index in [0.717, 1.165) is 25.1 Å². The molecule has 1 saturated heterocycles. The SMILES string of the molecule is O=C(CC1CCCC1)CC1CSCCN1. The third-order valence-corrected chi connectivity index (χ3v) is 4.59. The molecule has 2 fully saturated rings. The van der Waals surface area contributed by atoms with E-state index in [2.05, 4.69) is 5.32 Å². The lowest BCUT2D eigenvalue weighted by molar-refractivity contribution is -0.120. The molecule has 3 heteroatoms. The van der Waals surface area contributed by atoms with Crippen LogP contribution in [0.3, 0.4) is 0 Å². The van der Waals surface area contributed by atoms with Gasteiger partial charge in [0.25, 0.3) is 0 Å². The summed E-state index contributed by atoms with van der Waals surface area (Å²) in [6.45, 7) is 1.08. The Kier molecular flexibility index (Phi) is 4.51. The van der Waals surface area contributed by atoms with Crippen molar-refractivity contribution in [2.75, 3.05) is 18.1 Å². The number of carbonyl (C=O) groups is 1. The van der Waals surface area contributed by atoms with Crippen LogP contribution in [0.15, 0.2) is 0 Å². The van der Waals surface area contributed by atoms with Crippen LogP contribution in [0.4, 0.5) is 0 Å². The van der Waals surface area contributed by atoms with Gasteiger partial charge < -0.3 is 5.32 Å². The molecule has 0 radical (unpaired) electrons. The number of ketones is 1. The number of hydrogen-bond acceptors (Lipinski definition) is 3. The fraction of sp³-hybridized carbons (Fsp3) is 0.917. The summed E-state index contributed by atoms with van der Waals surface area (Å²) in [7, 11) is 0. The molecule has 2 nitrogen and oxygen atoms in total. The summed E-state index contributed by atoms with van der Waals surface area (Å²) in [6, 6.07) is 0.456. The summed E-state index contributed by atoms with van der Waals surface area (Å²) >= 11 is 1.97. The second-order valence-corrected chi connectivity index (χ2v) is 5.97. The van der Waals surface area contributed by atoms with E-state index in [-0.39, 0.29) is 0 Å². The van der Waals surface area contributed by atoms with Crippen molar-refractivity contribution < 1.29 is 4.79 Å². The molecule has 0 bridgehead atoms. The molecular formula is C12H21NOS. The summed E-state index contributed by atoms with van der Waals surface area (Å²) in [5, 5.41) is 3.43. The van der Waals surface area contributed by atoms with Gasteiger partial charge in [0.05, 0.1) is 0 Å². The molecule has 0 aromatic rings. The van der Waals surface area contributed by atoms with Gasteiger partial charge in [-0.25, -0.2) is 0 Å². The molecule has 0 aromatic heterocycles. The first-order valence-corrected chi connectivity index (χ1v) is 7.33. The van der Waals surface area contributed by atoms with Crippen molar-refractivity contribution in [2.24, 2.45) is 5.92 Å². The van der Waals surface area contributed by atoms with Crippen LogP contribution in [0.5, 0.6) is 0 Å². The first-order valence-electron chi connectivity index (χ1n) is 6.17. The Bertz CT molecular complexity index is 208. The maximum Gasteiger partial charge on any atom is 0.134 e. The smallest absolute Gasteiger partial charge is 0.134 e. The predicted molar refractivity (Wildman–Crippen MR) is 65.3 cm³/mol. The number of carbonyl (C=O) groups excluding carboxylic acids is 1. The van der Waals surface area contributed by atoms with Gasteiger partial charge in [-0.1, -0.05) is 25.7 Å². The van der Waals surface area contributed by atoms with E-state index in [1.165, 1.54) is 31.4 Å². The molecule has 2 rings (SSSR count). The number of rotatable bonds is 4. The zero-order valence-corrected chi connectivity index (χ0v) is 10.2. The van der Waals surface area contributed by atoms with Gasteiger partial charge in [0.1, 0.15) is 5.78 Å². The molecule has 0 amide bonds. The van der Waals surface area contributed by atoms with E-state index >= 15 is 0 Å². The quantitative estimate of drug-likeness (QED) is 0.798. The van der Waals surface area contributed by atoms with E-state index in [1.54, 1.807) is 0 Å². The zero-order chi connectivity index (χ0) is 10.5. The lowest BCUT2D eigenvalue weighted by atomic mass is 9.98. The molecule has 1 unspecified atom stereocenters. The summed E-state index contributed by atoms with van der Waals surface area (Å²) in [6.07, 6.45) is 6.88. The molecule has 1 N–H and O–H groups in total. The van der Waals surface area contributed by atoms with E-state index in [4.69, 9.17) is 0 Å². The Balaban J connectivity index is 1.66. The van der Waals surface area contributed by atoms with Crippen LogP contribution in [-0.4, -0.2) is 29.9 Å². The second-order valence-electron chi connectivity index (χ2n) is 4.82. The third kappa shape index (κ3) is 3.80. The lowest BCUT2D eigenvalue weighted by Gasteiger charge is -2.22. The molecule has 1 saturated carbocycles. The van der Waals surface area contributed by atoms with E-state index in [1.807, 2.05) is 11.8 Å². The molecule has 0 aromatic carbocycles. The van der Waals surface area contributed by atoms with E-state index in [0.29, 0.717) is 17.7 Å². The van der Waals surface area contributed by atoms with Crippen LogP contribution in [0.2, 0.25) is 0 Å². The molecule has 1 aliphatic carbocycles. The minimum absolute atomic E-state index is 0.456.